The number of hydrogen-bond donors (Lipinski definition) is 1. The van der Waals surface area contributed by atoms with Crippen LogP contribution in [0.5, 0.6) is 0 Å². The summed E-state index contributed by atoms with van der Waals surface area (Å²) in [6.07, 6.45) is 6.31. The smallest absolute Gasteiger partial charge is 0.126 e. The molecule has 2 nitrogen and oxygen atoms in total. The second-order valence-corrected chi connectivity index (χ2v) is 7.78. The van der Waals surface area contributed by atoms with E-state index < -0.39 is 5.60 Å². The van der Waals surface area contributed by atoms with Crippen molar-refractivity contribution in [3.05, 3.63) is 15.0 Å². The Morgan fingerprint density at radius 2 is 1.76 bits per heavy atom. The lowest BCUT2D eigenvalue weighted by Gasteiger charge is -2.58. The maximum atomic E-state index is 11.2. The second kappa shape index (κ2) is 3.55. The van der Waals surface area contributed by atoms with Gasteiger partial charge in [-0.2, -0.15) is 0 Å². The van der Waals surface area contributed by atoms with E-state index in [2.05, 4.69) is 20.9 Å². The Bertz CT molecular complexity index is 430. The highest BCUT2D eigenvalue weighted by Gasteiger charge is 2.58. The lowest BCUT2D eigenvalue weighted by Crippen LogP contribution is -2.55. The third-order valence-electron chi connectivity index (χ3n) is 5.20. The molecule has 0 atom stereocenters. The number of thiazole rings is 1. The molecule has 1 aromatic heterocycles. The molecule has 0 spiro atoms. The van der Waals surface area contributed by atoms with Gasteiger partial charge in [0.15, 0.2) is 0 Å². The van der Waals surface area contributed by atoms with Crippen molar-refractivity contribution >= 4 is 27.3 Å². The molecule has 0 saturated heterocycles. The van der Waals surface area contributed by atoms with Crippen LogP contribution in [0.3, 0.4) is 0 Å². The molecular weight excluding hydrogens is 298 g/mol. The van der Waals surface area contributed by atoms with Gasteiger partial charge in [0.05, 0.1) is 0 Å². The Hall–Kier alpha value is 0.0700. The summed E-state index contributed by atoms with van der Waals surface area (Å²) in [5.41, 5.74) is -0.607. The van der Waals surface area contributed by atoms with Crippen LogP contribution in [0.15, 0.2) is 9.98 Å². The second-order valence-electron chi connectivity index (χ2n) is 6.11. The van der Waals surface area contributed by atoms with E-state index in [1.165, 1.54) is 32.1 Å². The minimum Gasteiger partial charge on any atom is -0.382 e. The summed E-state index contributed by atoms with van der Waals surface area (Å²) >= 11 is 5.03. The fourth-order valence-electron chi connectivity index (χ4n) is 4.69. The number of nitrogens with zero attached hydrogens (tertiary/aromatic N) is 1. The van der Waals surface area contributed by atoms with E-state index in [-0.39, 0.29) is 0 Å². The van der Waals surface area contributed by atoms with Crippen molar-refractivity contribution in [2.24, 2.45) is 23.7 Å². The zero-order valence-electron chi connectivity index (χ0n) is 9.60. The summed E-state index contributed by atoms with van der Waals surface area (Å²) in [4.78, 5) is 4.51. The Kier molecular flexibility index (Phi) is 2.28. The summed E-state index contributed by atoms with van der Waals surface area (Å²) in [5.74, 6) is 2.72. The van der Waals surface area contributed by atoms with Gasteiger partial charge in [0.25, 0.3) is 0 Å². The molecule has 1 heterocycles. The predicted octanol–water partition coefficient (Wildman–Crippen LogP) is 3.55. The van der Waals surface area contributed by atoms with Gasteiger partial charge in [-0.05, 0) is 71.7 Å². The molecule has 4 aliphatic rings. The van der Waals surface area contributed by atoms with E-state index in [4.69, 9.17) is 0 Å². The SMILES string of the molecule is OC1(c2nc(Br)cs2)C2CC3CC(C2)CC1C3. The molecule has 4 aliphatic carbocycles. The Balaban J connectivity index is 1.78. The first-order chi connectivity index (χ1) is 8.16. The van der Waals surface area contributed by atoms with Crippen LogP contribution < -0.4 is 0 Å². The number of rotatable bonds is 1. The van der Waals surface area contributed by atoms with Crippen LogP contribution >= 0.6 is 27.3 Å². The Morgan fingerprint density at radius 3 is 2.24 bits per heavy atom. The molecule has 4 bridgehead atoms. The molecule has 4 heteroatoms. The summed E-state index contributed by atoms with van der Waals surface area (Å²) in [5, 5.41) is 14.2. The molecule has 4 saturated carbocycles. The van der Waals surface area contributed by atoms with Crippen LogP contribution in [0.2, 0.25) is 0 Å². The highest BCUT2D eigenvalue weighted by Crippen LogP contribution is 2.62. The summed E-state index contributed by atoms with van der Waals surface area (Å²) in [7, 11) is 0. The Morgan fingerprint density at radius 1 is 1.18 bits per heavy atom. The fraction of sp³-hybridized carbons (Fsp3) is 0.769. The first kappa shape index (κ1) is 10.9. The minimum atomic E-state index is -0.607. The van der Waals surface area contributed by atoms with Gasteiger partial charge >= 0.3 is 0 Å². The fourth-order valence-corrected chi connectivity index (χ4v) is 6.20. The quantitative estimate of drug-likeness (QED) is 0.860. The zero-order valence-corrected chi connectivity index (χ0v) is 12.0. The average Bonchev–Trinajstić information content (AvgIpc) is 2.72. The molecule has 92 valence electrons. The van der Waals surface area contributed by atoms with E-state index >= 15 is 0 Å². The van der Waals surface area contributed by atoms with Gasteiger partial charge in [-0.3, -0.25) is 0 Å². The van der Waals surface area contributed by atoms with Crippen molar-refractivity contribution in [1.29, 1.82) is 0 Å². The number of aromatic nitrogens is 1. The standard InChI is InChI=1S/C13H16BrNOS/c14-11-6-17-12(15-11)13(16)9-2-7-1-8(4-9)5-10(13)3-7/h6-10,16H,1-5H2. The van der Waals surface area contributed by atoms with Crippen molar-refractivity contribution in [1.82, 2.24) is 4.98 Å². The molecule has 1 N–H and O–H groups in total. The maximum Gasteiger partial charge on any atom is 0.126 e. The molecule has 0 aliphatic heterocycles. The normalized spacial score (nSPS) is 47.6. The van der Waals surface area contributed by atoms with Crippen molar-refractivity contribution in [3.63, 3.8) is 0 Å². The summed E-state index contributed by atoms with van der Waals surface area (Å²) in [6.45, 7) is 0. The molecule has 0 aromatic carbocycles. The number of aliphatic hydroxyl groups is 1. The molecule has 1 aromatic rings. The average molecular weight is 314 g/mol. The van der Waals surface area contributed by atoms with Crippen molar-refractivity contribution in [2.75, 3.05) is 0 Å². The van der Waals surface area contributed by atoms with E-state index in [1.54, 1.807) is 11.3 Å². The van der Waals surface area contributed by atoms with Gasteiger partial charge in [0.2, 0.25) is 0 Å². The summed E-state index contributed by atoms with van der Waals surface area (Å²) < 4.78 is 0.875. The van der Waals surface area contributed by atoms with Gasteiger partial charge in [0, 0.05) is 5.38 Å². The van der Waals surface area contributed by atoms with E-state index in [9.17, 15) is 5.11 Å². The van der Waals surface area contributed by atoms with Crippen LogP contribution in [0, 0.1) is 23.7 Å². The largest absolute Gasteiger partial charge is 0.382 e. The lowest BCUT2D eigenvalue weighted by atomic mass is 9.50. The highest BCUT2D eigenvalue weighted by atomic mass is 79.9. The Labute approximate surface area is 114 Å². The van der Waals surface area contributed by atoms with E-state index in [1.807, 2.05) is 5.38 Å². The zero-order chi connectivity index (χ0) is 11.6. The van der Waals surface area contributed by atoms with Crippen molar-refractivity contribution < 1.29 is 5.11 Å². The molecule has 0 unspecified atom stereocenters. The van der Waals surface area contributed by atoms with E-state index in [0.29, 0.717) is 11.8 Å². The van der Waals surface area contributed by atoms with Crippen LogP contribution in [0.25, 0.3) is 0 Å². The molecular formula is C13H16BrNOS. The van der Waals surface area contributed by atoms with Gasteiger partial charge < -0.3 is 5.11 Å². The third-order valence-corrected chi connectivity index (χ3v) is 6.89. The van der Waals surface area contributed by atoms with Gasteiger partial charge in [-0.25, -0.2) is 4.98 Å². The predicted molar refractivity (Wildman–Crippen MR) is 70.8 cm³/mol. The maximum absolute atomic E-state index is 11.2. The first-order valence-electron chi connectivity index (χ1n) is 6.50. The molecule has 0 amide bonds. The van der Waals surface area contributed by atoms with Crippen LogP contribution in [0.4, 0.5) is 0 Å². The monoisotopic (exact) mass is 313 g/mol. The first-order valence-corrected chi connectivity index (χ1v) is 8.17. The molecule has 17 heavy (non-hydrogen) atoms. The lowest BCUT2D eigenvalue weighted by molar-refractivity contribution is -0.179. The van der Waals surface area contributed by atoms with Crippen molar-refractivity contribution in [3.8, 4) is 0 Å². The van der Waals surface area contributed by atoms with Gasteiger partial charge in [-0.1, -0.05) is 0 Å². The number of halogens is 1. The van der Waals surface area contributed by atoms with Crippen LogP contribution in [-0.4, -0.2) is 10.1 Å². The summed E-state index contributed by atoms with van der Waals surface area (Å²) in [6, 6.07) is 0. The molecule has 4 fully saturated rings. The van der Waals surface area contributed by atoms with E-state index in [0.717, 1.165) is 21.4 Å². The van der Waals surface area contributed by atoms with Crippen molar-refractivity contribution in [2.45, 2.75) is 37.7 Å². The van der Waals surface area contributed by atoms with Gasteiger partial charge in [0.1, 0.15) is 15.2 Å². The topological polar surface area (TPSA) is 33.1 Å². The molecule has 0 radical (unpaired) electrons. The number of hydrogen-bond acceptors (Lipinski definition) is 3. The molecule has 5 rings (SSSR count). The van der Waals surface area contributed by atoms with Crippen LogP contribution in [0.1, 0.15) is 37.1 Å². The van der Waals surface area contributed by atoms with Crippen LogP contribution in [-0.2, 0) is 5.60 Å². The highest BCUT2D eigenvalue weighted by molar-refractivity contribution is 9.10. The minimum absolute atomic E-state index is 0.469. The van der Waals surface area contributed by atoms with Gasteiger partial charge in [-0.15, -0.1) is 11.3 Å². The third kappa shape index (κ3) is 1.44.